The molecule has 0 radical (unpaired) electrons. The number of nitrogens with one attached hydrogen (secondary N) is 1. The van der Waals surface area contributed by atoms with Crippen molar-refractivity contribution in [2.45, 2.75) is 33.7 Å². The lowest BCUT2D eigenvalue weighted by Gasteiger charge is -2.21. The van der Waals surface area contributed by atoms with Gasteiger partial charge in [-0.25, -0.2) is 0 Å². The predicted octanol–water partition coefficient (Wildman–Crippen LogP) is 3.97. The minimum absolute atomic E-state index is 0.0569. The molecule has 0 bridgehead atoms. The zero-order chi connectivity index (χ0) is 20.1. The van der Waals surface area contributed by atoms with Crippen molar-refractivity contribution < 1.29 is 4.79 Å². The fraction of sp³-hybridized carbons (Fsp3) is 0.261. The van der Waals surface area contributed by atoms with Gasteiger partial charge in [0.2, 0.25) is 0 Å². The number of nitrogens with zero attached hydrogens (tertiary/aromatic N) is 2. The van der Waals surface area contributed by atoms with E-state index in [0.717, 1.165) is 27.9 Å². The van der Waals surface area contributed by atoms with Crippen LogP contribution in [0.4, 0.5) is 0 Å². The molecule has 2 aromatic heterocycles. The number of hydrogen-bond donors (Lipinski definition) is 1. The molecule has 144 valence electrons. The lowest BCUT2D eigenvalue weighted by molar-refractivity contribution is 0.0752. The summed E-state index contributed by atoms with van der Waals surface area (Å²) in [6, 6.07) is 13.7. The largest absolute Gasteiger partial charge is 0.335 e. The molecule has 3 rings (SSSR count). The van der Waals surface area contributed by atoms with Crippen molar-refractivity contribution in [3.05, 3.63) is 87.6 Å². The quantitative estimate of drug-likeness (QED) is 0.709. The van der Waals surface area contributed by atoms with Gasteiger partial charge < -0.3 is 9.88 Å². The van der Waals surface area contributed by atoms with Crippen molar-refractivity contribution in [1.82, 2.24) is 14.9 Å². The molecule has 0 saturated heterocycles. The van der Waals surface area contributed by atoms with E-state index in [1.165, 1.54) is 0 Å². The number of carbonyl (C=O) groups is 1. The molecule has 0 aliphatic carbocycles. The molecular formula is C23H25N3O2. The van der Waals surface area contributed by atoms with Crippen LogP contribution in [0.3, 0.4) is 0 Å². The molecule has 0 spiro atoms. The molecule has 0 unspecified atom stereocenters. The number of pyridine rings is 2. The summed E-state index contributed by atoms with van der Waals surface area (Å²) in [6.07, 6.45) is 3.97. The first-order chi connectivity index (χ1) is 13.5. The molecule has 3 aromatic rings. The van der Waals surface area contributed by atoms with Crippen LogP contribution in [0.25, 0.3) is 11.1 Å². The van der Waals surface area contributed by atoms with Gasteiger partial charge >= 0.3 is 0 Å². The zero-order valence-corrected chi connectivity index (χ0v) is 16.5. The topological polar surface area (TPSA) is 66.1 Å². The van der Waals surface area contributed by atoms with Gasteiger partial charge in [0, 0.05) is 47.9 Å². The lowest BCUT2D eigenvalue weighted by atomic mass is 10.0. The molecule has 28 heavy (non-hydrogen) atoms. The van der Waals surface area contributed by atoms with Gasteiger partial charge in [-0.05, 0) is 38.0 Å². The number of carbonyl (C=O) groups excluding carboxylic acids is 1. The molecule has 2 heterocycles. The van der Waals surface area contributed by atoms with Crippen LogP contribution in [0.2, 0.25) is 0 Å². The van der Waals surface area contributed by atoms with E-state index in [9.17, 15) is 9.59 Å². The van der Waals surface area contributed by atoms with E-state index in [0.29, 0.717) is 25.1 Å². The smallest absolute Gasteiger partial charge is 0.255 e. The van der Waals surface area contributed by atoms with Crippen LogP contribution in [-0.4, -0.2) is 27.3 Å². The van der Waals surface area contributed by atoms with E-state index in [4.69, 9.17) is 0 Å². The number of aryl methyl sites for hydroxylation is 2. The molecule has 5 heteroatoms. The second-order valence-corrected chi connectivity index (χ2v) is 6.78. The van der Waals surface area contributed by atoms with Gasteiger partial charge in [-0.2, -0.15) is 0 Å². The van der Waals surface area contributed by atoms with Crippen molar-refractivity contribution in [2.75, 3.05) is 6.54 Å². The maximum atomic E-state index is 13.1. The first-order valence-corrected chi connectivity index (χ1v) is 9.54. The number of rotatable bonds is 6. The SMILES string of the molecule is CCc1cc(-c2cncc(C(=O)N(CC)Cc3ccccc3)c2)c(C)[nH]c1=O. The van der Waals surface area contributed by atoms with Crippen LogP contribution in [-0.2, 0) is 13.0 Å². The van der Waals surface area contributed by atoms with Crippen molar-refractivity contribution in [3.8, 4) is 11.1 Å². The van der Waals surface area contributed by atoms with Gasteiger partial charge in [0.15, 0.2) is 0 Å². The lowest BCUT2D eigenvalue weighted by Crippen LogP contribution is -2.30. The number of hydrogen-bond acceptors (Lipinski definition) is 3. The molecule has 0 aliphatic rings. The number of H-pyrrole nitrogens is 1. The third-order valence-electron chi connectivity index (χ3n) is 4.88. The van der Waals surface area contributed by atoms with Crippen LogP contribution < -0.4 is 5.56 Å². The third-order valence-corrected chi connectivity index (χ3v) is 4.88. The average Bonchev–Trinajstić information content (AvgIpc) is 2.72. The normalized spacial score (nSPS) is 10.7. The van der Waals surface area contributed by atoms with Crippen molar-refractivity contribution in [3.63, 3.8) is 0 Å². The Balaban J connectivity index is 1.92. The molecule has 0 fully saturated rings. The van der Waals surface area contributed by atoms with Crippen LogP contribution in [0.15, 0.2) is 59.7 Å². The Morgan fingerprint density at radius 2 is 1.86 bits per heavy atom. The van der Waals surface area contributed by atoms with Gasteiger partial charge in [-0.15, -0.1) is 0 Å². The highest BCUT2D eigenvalue weighted by Gasteiger charge is 2.16. The summed E-state index contributed by atoms with van der Waals surface area (Å²) in [4.78, 5) is 34.0. The second kappa shape index (κ2) is 8.65. The number of aromatic nitrogens is 2. The van der Waals surface area contributed by atoms with E-state index < -0.39 is 0 Å². The fourth-order valence-electron chi connectivity index (χ4n) is 3.25. The van der Waals surface area contributed by atoms with Crippen molar-refractivity contribution in [1.29, 1.82) is 0 Å². The average molecular weight is 375 g/mol. The molecule has 1 amide bonds. The van der Waals surface area contributed by atoms with Crippen LogP contribution in [0.1, 0.15) is 41.0 Å². The highest BCUT2D eigenvalue weighted by Crippen LogP contribution is 2.23. The molecule has 0 aliphatic heterocycles. The second-order valence-electron chi connectivity index (χ2n) is 6.78. The molecule has 0 saturated carbocycles. The Morgan fingerprint density at radius 1 is 1.11 bits per heavy atom. The molecule has 5 nitrogen and oxygen atoms in total. The van der Waals surface area contributed by atoms with Crippen LogP contribution >= 0.6 is 0 Å². The zero-order valence-electron chi connectivity index (χ0n) is 16.5. The minimum Gasteiger partial charge on any atom is -0.335 e. The summed E-state index contributed by atoms with van der Waals surface area (Å²) in [5.41, 5.74) is 4.77. The summed E-state index contributed by atoms with van der Waals surface area (Å²) in [5.74, 6) is -0.0569. The highest BCUT2D eigenvalue weighted by atomic mass is 16.2. The van der Waals surface area contributed by atoms with E-state index >= 15 is 0 Å². The fourth-order valence-corrected chi connectivity index (χ4v) is 3.25. The number of benzene rings is 1. The van der Waals surface area contributed by atoms with E-state index in [1.807, 2.05) is 63.2 Å². The van der Waals surface area contributed by atoms with Gasteiger partial charge in [-0.3, -0.25) is 14.6 Å². The van der Waals surface area contributed by atoms with E-state index in [-0.39, 0.29) is 11.5 Å². The maximum Gasteiger partial charge on any atom is 0.255 e. The summed E-state index contributed by atoms with van der Waals surface area (Å²) in [7, 11) is 0. The Kier molecular flexibility index (Phi) is 6.04. The summed E-state index contributed by atoms with van der Waals surface area (Å²) < 4.78 is 0. The minimum atomic E-state index is -0.0658. The first kappa shape index (κ1) is 19.5. The molecule has 1 N–H and O–H groups in total. The molecule has 1 aromatic carbocycles. The third kappa shape index (κ3) is 4.19. The number of aromatic amines is 1. The highest BCUT2D eigenvalue weighted by molar-refractivity contribution is 5.95. The Bertz CT molecular complexity index is 1030. The Labute approximate surface area is 165 Å². The van der Waals surface area contributed by atoms with Crippen LogP contribution in [0.5, 0.6) is 0 Å². The van der Waals surface area contributed by atoms with Gasteiger partial charge in [0.25, 0.3) is 11.5 Å². The summed E-state index contributed by atoms with van der Waals surface area (Å²) in [6.45, 7) is 6.94. The Morgan fingerprint density at radius 3 is 2.54 bits per heavy atom. The van der Waals surface area contributed by atoms with Gasteiger partial charge in [0.1, 0.15) is 0 Å². The monoisotopic (exact) mass is 375 g/mol. The predicted molar refractivity (Wildman–Crippen MR) is 111 cm³/mol. The number of amides is 1. The van der Waals surface area contributed by atoms with E-state index in [1.54, 1.807) is 17.3 Å². The Hall–Kier alpha value is -3.21. The first-order valence-electron chi connectivity index (χ1n) is 9.54. The van der Waals surface area contributed by atoms with Crippen molar-refractivity contribution >= 4 is 5.91 Å². The molecule has 0 atom stereocenters. The standard InChI is InChI=1S/C23H25N3O2/c1-4-18-12-21(16(3)25-22(18)27)19-11-20(14-24-13-19)23(28)26(5-2)15-17-9-7-6-8-10-17/h6-14H,4-5,15H2,1-3H3,(H,25,27). The summed E-state index contributed by atoms with van der Waals surface area (Å²) >= 11 is 0. The van der Waals surface area contributed by atoms with Gasteiger partial charge in [-0.1, -0.05) is 37.3 Å². The maximum absolute atomic E-state index is 13.1. The van der Waals surface area contributed by atoms with Crippen LogP contribution in [0, 0.1) is 6.92 Å². The van der Waals surface area contributed by atoms with E-state index in [2.05, 4.69) is 9.97 Å². The van der Waals surface area contributed by atoms with Gasteiger partial charge in [0.05, 0.1) is 5.56 Å². The van der Waals surface area contributed by atoms with Crippen molar-refractivity contribution in [2.24, 2.45) is 0 Å². The summed E-state index contributed by atoms with van der Waals surface area (Å²) in [5, 5.41) is 0. The molecular weight excluding hydrogens is 350 g/mol.